The second-order valence-electron chi connectivity index (χ2n) is 4.91. The minimum Gasteiger partial charge on any atom is -0.486 e. The zero-order chi connectivity index (χ0) is 17.4. The predicted molar refractivity (Wildman–Crippen MR) is 80.1 cm³/mol. The highest BCUT2D eigenvalue weighted by atomic mass is 32.2. The fourth-order valence-corrected chi connectivity index (χ4v) is 2.84. The monoisotopic (exact) mass is 356 g/mol. The van der Waals surface area contributed by atoms with Gasteiger partial charge in [-0.1, -0.05) is 12.1 Å². The van der Waals surface area contributed by atoms with E-state index in [1.807, 2.05) is 24.3 Å². The number of hydrogen-bond acceptors (Lipinski definition) is 4. The average molecular weight is 356 g/mol. The van der Waals surface area contributed by atoms with Crippen LogP contribution in [0.15, 0.2) is 53.4 Å². The van der Waals surface area contributed by atoms with E-state index in [-0.39, 0.29) is 12.4 Å². The van der Waals surface area contributed by atoms with Crippen molar-refractivity contribution in [3.05, 3.63) is 54.4 Å². The molecule has 0 atom stereocenters. The van der Waals surface area contributed by atoms with Crippen LogP contribution in [0.3, 0.4) is 0 Å². The molecule has 0 aliphatic carbocycles. The summed E-state index contributed by atoms with van der Waals surface area (Å²) in [6, 6.07) is 11.4. The zero-order valence-corrected chi connectivity index (χ0v) is 12.9. The first-order valence-corrected chi connectivity index (χ1v) is 8.23. The number of aromatic nitrogens is 2. The Hall–Kier alpha value is -2.55. The number of para-hydroxylation sites is 2. The highest BCUT2D eigenvalue weighted by Crippen LogP contribution is 2.31. The Morgan fingerprint density at radius 1 is 1.04 bits per heavy atom. The number of hydrogen-bond donors (Lipinski definition) is 1. The molecule has 0 saturated carbocycles. The van der Waals surface area contributed by atoms with E-state index in [0.29, 0.717) is 5.82 Å². The standard InChI is InChI=1S/C15H11F3N2O3S/c16-15(17,18)24(21,22)11-7-5-10(6-8-11)23-9-14-19-12-3-1-2-4-13(12)20-14/h1-8H,9H2,(H,19,20). The van der Waals surface area contributed by atoms with E-state index in [1.165, 1.54) is 12.1 Å². The van der Waals surface area contributed by atoms with Gasteiger partial charge in [-0.05, 0) is 36.4 Å². The molecule has 9 heteroatoms. The lowest BCUT2D eigenvalue weighted by Gasteiger charge is -2.09. The van der Waals surface area contributed by atoms with E-state index in [1.54, 1.807) is 0 Å². The topological polar surface area (TPSA) is 72.1 Å². The van der Waals surface area contributed by atoms with Crippen LogP contribution in [0.4, 0.5) is 13.2 Å². The van der Waals surface area contributed by atoms with Crippen LogP contribution in [-0.4, -0.2) is 23.9 Å². The van der Waals surface area contributed by atoms with Gasteiger partial charge in [0, 0.05) is 0 Å². The normalized spacial score (nSPS) is 12.5. The minimum absolute atomic E-state index is 0.0695. The average Bonchev–Trinajstić information content (AvgIpc) is 2.95. The van der Waals surface area contributed by atoms with Crippen LogP contribution in [-0.2, 0) is 16.4 Å². The van der Waals surface area contributed by atoms with Gasteiger partial charge in [0.05, 0.1) is 15.9 Å². The first kappa shape index (κ1) is 16.3. The number of aromatic amines is 1. The van der Waals surface area contributed by atoms with Gasteiger partial charge in [0.2, 0.25) is 0 Å². The number of benzene rings is 2. The van der Waals surface area contributed by atoms with Gasteiger partial charge in [-0.15, -0.1) is 0 Å². The van der Waals surface area contributed by atoms with Gasteiger partial charge >= 0.3 is 5.51 Å². The molecule has 0 bridgehead atoms. The van der Waals surface area contributed by atoms with E-state index >= 15 is 0 Å². The Morgan fingerprint density at radius 2 is 1.71 bits per heavy atom. The molecular formula is C15H11F3N2O3S. The molecule has 3 aromatic rings. The van der Waals surface area contributed by atoms with Crippen molar-refractivity contribution in [2.24, 2.45) is 0 Å². The summed E-state index contributed by atoms with van der Waals surface area (Å²) in [4.78, 5) is 6.50. The van der Waals surface area contributed by atoms with Crippen molar-refractivity contribution in [3.63, 3.8) is 0 Å². The Bertz CT molecular complexity index is 931. The number of alkyl halides is 3. The van der Waals surface area contributed by atoms with E-state index in [9.17, 15) is 21.6 Å². The van der Waals surface area contributed by atoms with Crippen LogP contribution in [0.25, 0.3) is 11.0 Å². The summed E-state index contributed by atoms with van der Waals surface area (Å²) < 4.78 is 65.3. The number of ether oxygens (including phenoxy) is 1. The van der Waals surface area contributed by atoms with Gasteiger partial charge in [-0.25, -0.2) is 13.4 Å². The molecule has 0 radical (unpaired) electrons. The third-order valence-electron chi connectivity index (χ3n) is 3.25. The number of halogens is 3. The largest absolute Gasteiger partial charge is 0.501 e. The molecule has 3 rings (SSSR count). The zero-order valence-electron chi connectivity index (χ0n) is 12.0. The number of rotatable bonds is 4. The second-order valence-corrected chi connectivity index (χ2v) is 6.85. The number of nitrogens with zero attached hydrogens (tertiary/aromatic N) is 1. The summed E-state index contributed by atoms with van der Waals surface area (Å²) in [5.74, 6) is 0.778. The van der Waals surface area contributed by atoms with Gasteiger partial charge in [0.15, 0.2) is 0 Å². The lowest BCUT2D eigenvalue weighted by Crippen LogP contribution is -2.23. The third-order valence-corrected chi connectivity index (χ3v) is 4.75. The minimum atomic E-state index is -5.35. The maximum Gasteiger partial charge on any atom is 0.501 e. The van der Waals surface area contributed by atoms with E-state index in [0.717, 1.165) is 23.2 Å². The second kappa shape index (κ2) is 5.82. The molecule has 0 saturated heterocycles. The Morgan fingerprint density at radius 3 is 2.33 bits per heavy atom. The lowest BCUT2D eigenvalue weighted by molar-refractivity contribution is -0.0436. The number of sulfone groups is 1. The van der Waals surface area contributed by atoms with E-state index < -0.39 is 20.2 Å². The highest BCUT2D eigenvalue weighted by Gasteiger charge is 2.46. The van der Waals surface area contributed by atoms with Crippen LogP contribution in [0.1, 0.15) is 5.82 Å². The van der Waals surface area contributed by atoms with Crippen molar-refractivity contribution in [1.82, 2.24) is 9.97 Å². The molecule has 0 aliphatic heterocycles. The molecule has 2 aromatic carbocycles. The molecule has 0 fully saturated rings. The molecule has 1 N–H and O–H groups in total. The fraction of sp³-hybridized carbons (Fsp3) is 0.133. The van der Waals surface area contributed by atoms with Crippen LogP contribution in [0.5, 0.6) is 5.75 Å². The smallest absolute Gasteiger partial charge is 0.486 e. The number of fused-ring (bicyclic) bond motifs is 1. The molecule has 5 nitrogen and oxygen atoms in total. The maximum atomic E-state index is 12.5. The first-order valence-electron chi connectivity index (χ1n) is 6.75. The molecule has 126 valence electrons. The van der Waals surface area contributed by atoms with Crippen LogP contribution in [0, 0.1) is 0 Å². The summed E-state index contributed by atoms with van der Waals surface area (Å²) in [5.41, 5.74) is -3.73. The van der Waals surface area contributed by atoms with Crippen molar-refractivity contribution in [1.29, 1.82) is 0 Å². The highest BCUT2D eigenvalue weighted by molar-refractivity contribution is 7.92. The summed E-state index contributed by atoms with van der Waals surface area (Å²) in [6.45, 7) is 0.0695. The van der Waals surface area contributed by atoms with Crippen molar-refractivity contribution < 1.29 is 26.3 Å². The van der Waals surface area contributed by atoms with Crippen molar-refractivity contribution in [2.45, 2.75) is 17.0 Å². The Labute approximate surface area is 135 Å². The Kier molecular flexibility index (Phi) is 3.96. The Balaban J connectivity index is 1.73. The van der Waals surface area contributed by atoms with Gasteiger partial charge in [-0.3, -0.25) is 0 Å². The molecule has 24 heavy (non-hydrogen) atoms. The predicted octanol–water partition coefficient (Wildman–Crippen LogP) is 3.44. The van der Waals surface area contributed by atoms with Crippen molar-refractivity contribution in [3.8, 4) is 5.75 Å². The van der Waals surface area contributed by atoms with Crippen LogP contribution in [0.2, 0.25) is 0 Å². The number of imidazole rings is 1. The molecule has 0 unspecified atom stereocenters. The molecule has 0 aliphatic rings. The van der Waals surface area contributed by atoms with Crippen LogP contribution >= 0.6 is 0 Å². The first-order chi connectivity index (χ1) is 11.3. The number of nitrogens with one attached hydrogen (secondary N) is 1. The lowest BCUT2D eigenvalue weighted by atomic mass is 10.3. The molecule has 0 spiro atoms. The quantitative estimate of drug-likeness (QED) is 0.777. The van der Waals surface area contributed by atoms with Crippen molar-refractivity contribution in [2.75, 3.05) is 0 Å². The molecular weight excluding hydrogens is 345 g/mol. The maximum absolute atomic E-state index is 12.5. The summed E-state index contributed by atoms with van der Waals surface area (Å²) in [5, 5.41) is 0. The molecule has 0 amide bonds. The van der Waals surface area contributed by atoms with E-state index in [4.69, 9.17) is 4.74 Å². The van der Waals surface area contributed by atoms with E-state index in [2.05, 4.69) is 9.97 Å². The van der Waals surface area contributed by atoms with Gasteiger partial charge in [0.1, 0.15) is 18.2 Å². The van der Waals surface area contributed by atoms with Gasteiger partial charge in [0.25, 0.3) is 9.84 Å². The SMILES string of the molecule is O=S(=O)(c1ccc(OCc2nc3ccccc3[nH]2)cc1)C(F)(F)F. The van der Waals surface area contributed by atoms with Crippen molar-refractivity contribution >= 4 is 20.9 Å². The fourth-order valence-electron chi connectivity index (χ4n) is 2.07. The molecule has 1 aromatic heterocycles. The molecule has 1 heterocycles. The summed E-state index contributed by atoms with van der Waals surface area (Å²) >= 11 is 0. The summed E-state index contributed by atoms with van der Waals surface area (Å²) in [7, 11) is -5.35. The third kappa shape index (κ3) is 3.07. The van der Waals surface area contributed by atoms with Crippen LogP contribution < -0.4 is 4.74 Å². The van der Waals surface area contributed by atoms with Gasteiger partial charge in [-0.2, -0.15) is 13.2 Å². The number of H-pyrrole nitrogens is 1. The summed E-state index contributed by atoms with van der Waals surface area (Å²) in [6.07, 6.45) is 0. The van der Waals surface area contributed by atoms with Gasteiger partial charge < -0.3 is 9.72 Å².